The zero-order valence-corrected chi connectivity index (χ0v) is 13.0. The maximum absolute atomic E-state index is 11.9. The number of aryl methyl sites for hydroxylation is 1. The zero-order valence-electron chi connectivity index (χ0n) is 12.1. The molecule has 0 saturated heterocycles. The minimum atomic E-state index is -3.63. The van der Waals surface area contributed by atoms with Crippen molar-refractivity contribution in [2.24, 2.45) is 0 Å². The van der Waals surface area contributed by atoms with Crippen molar-refractivity contribution in [2.75, 3.05) is 31.6 Å². The van der Waals surface area contributed by atoms with E-state index in [0.717, 1.165) is 11.1 Å². The van der Waals surface area contributed by atoms with Gasteiger partial charge in [-0.15, -0.1) is 0 Å². The molecular formula is C14H20N2O4S. The summed E-state index contributed by atoms with van der Waals surface area (Å²) in [5, 5.41) is 8.68. The molecule has 0 bridgehead atoms. The summed E-state index contributed by atoms with van der Waals surface area (Å²) in [5.74, 6) is 5.35. The van der Waals surface area contributed by atoms with Crippen LogP contribution in [0.1, 0.15) is 18.1 Å². The Morgan fingerprint density at radius 1 is 1.38 bits per heavy atom. The largest absolute Gasteiger partial charge is 0.384 e. The lowest BCUT2D eigenvalue weighted by molar-refractivity contribution is 0.204. The number of rotatable bonds is 7. The number of benzene rings is 1. The maximum Gasteiger partial charge on any atom is 0.299 e. The SMILES string of the molecule is CCc1cc(C#CCO)ccc1NS(=O)(=O)NCCOC. The van der Waals surface area contributed by atoms with Crippen LogP contribution in [0.5, 0.6) is 0 Å². The topological polar surface area (TPSA) is 87.7 Å². The van der Waals surface area contributed by atoms with Crippen molar-refractivity contribution in [1.29, 1.82) is 0 Å². The lowest BCUT2D eigenvalue weighted by Gasteiger charge is -2.12. The van der Waals surface area contributed by atoms with E-state index in [1.807, 2.05) is 6.92 Å². The number of ether oxygens (including phenoxy) is 1. The van der Waals surface area contributed by atoms with E-state index >= 15 is 0 Å². The van der Waals surface area contributed by atoms with Crippen molar-refractivity contribution < 1.29 is 18.3 Å². The van der Waals surface area contributed by atoms with Gasteiger partial charge in [0.2, 0.25) is 0 Å². The normalized spacial score (nSPS) is 10.8. The number of anilines is 1. The fraction of sp³-hybridized carbons (Fsp3) is 0.429. The van der Waals surface area contributed by atoms with Crippen LogP contribution in [0, 0.1) is 11.8 Å². The molecule has 0 saturated carbocycles. The van der Waals surface area contributed by atoms with E-state index in [1.165, 1.54) is 7.11 Å². The summed E-state index contributed by atoms with van der Waals surface area (Å²) in [6, 6.07) is 5.17. The highest BCUT2D eigenvalue weighted by Gasteiger charge is 2.11. The van der Waals surface area contributed by atoms with Gasteiger partial charge in [0, 0.05) is 19.2 Å². The summed E-state index contributed by atoms with van der Waals surface area (Å²) < 4.78 is 33.4. The first-order chi connectivity index (χ1) is 10.0. The van der Waals surface area contributed by atoms with E-state index in [2.05, 4.69) is 21.3 Å². The van der Waals surface area contributed by atoms with Gasteiger partial charge in [0.1, 0.15) is 6.61 Å². The number of methoxy groups -OCH3 is 1. The predicted molar refractivity (Wildman–Crippen MR) is 82.2 cm³/mol. The van der Waals surface area contributed by atoms with Crippen LogP contribution in [0.4, 0.5) is 5.69 Å². The number of aliphatic hydroxyl groups excluding tert-OH is 1. The Morgan fingerprint density at radius 3 is 2.76 bits per heavy atom. The lowest BCUT2D eigenvalue weighted by Crippen LogP contribution is -2.32. The highest BCUT2D eigenvalue weighted by molar-refractivity contribution is 7.90. The monoisotopic (exact) mass is 312 g/mol. The van der Waals surface area contributed by atoms with Crippen LogP contribution < -0.4 is 9.44 Å². The highest BCUT2D eigenvalue weighted by Crippen LogP contribution is 2.19. The Labute approximate surface area is 125 Å². The van der Waals surface area contributed by atoms with Gasteiger partial charge in [0.05, 0.1) is 12.3 Å². The standard InChI is InChI=1S/C14H20N2O4S/c1-3-13-11-12(5-4-9-17)6-7-14(13)16-21(18,19)15-8-10-20-2/h6-7,11,15-17H,3,8-10H2,1-2H3. The lowest BCUT2D eigenvalue weighted by atomic mass is 10.1. The predicted octanol–water partition coefficient (Wildman–Crippen LogP) is 0.485. The molecule has 0 atom stereocenters. The summed E-state index contributed by atoms with van der Waals surface area (Å²) in [6.07, 6.45) is 0.657. The molecule has 116 valence electrons. The van der Waals surface area contributed by atoms with E-state index in [9.17, 15) is 8.42 Å². The van der Waals surface area contributed by atoms with Crippen molar-refractivity contribution in [2.45, 2.75) is 13.3 Å². The van der Waals surface area contributed by atoms with Crippen molar-refractivity contribution in [1.82, 2.24) is 4.72 Å². The maximum atomic E-state index is 11.9. The molecule has 0 aliphatic carbocycles. The minimum Gasteiger partial charge on any atom is -0.384 e. The molecule has 0 amide bonds. The molecule has 6 nitrogen and oxygen atoms in total. The van der Waals surface area contributed by atoms with Crippen molar-refractivity contribution in [3.63, 3.8) is 0 Å². The molecule has 0 unspecified atom stereocenters. The Hall–Kier alpha value is -1.59. The van der Waals surface area contributed by atoms with Gasteiger partial charge in [0.25, 0.3) is 10.2 Å². The van der Waals surface area contributed by atoms with Gasteiger partial charge in [-0.25, -0.2) is 0 Å². The van der Waals surface area contributed by atoms with Crippen molar-refractivity contribution in [3.05, 3.63) is 29.3 Å². The van der Waals surface area contributed by atoms with Crippen LogP contribution in [0.15, 0.2) is 18.2 Å². The summed E-state index contributed by atoms with van der Waals surface area (Å²) in [6.45, 7) is 2.22. The van der Waals surface area contributed by atoms with Crippen LogP contribution in [-0.2, 0) is 21.4 Å². The van der Waals surface area contributed by atoms with Crippen molar-refractivity contribution >= 4 is 15.9 Å². The zero-order chi connectivity index (χ0) is 15.7. The van der Waals surface area contributed by atoms with Crippen LogP contribution >= 0.6 is 0 Å². The first-order valence-electron chi connectivity index (χ1n) is 6.51. The van der Waals surface area contributed by atoms with E-state index < -0.39 is 10.2 Å². The smallest absolute Gasteiger partial charge is 0.299 e. The molecule has 0 heterocycles. The van der Waals surface area contributed by atoms with Crippen LogP contribution in [0.2, 0.25) is 0 Å². The van der Waals surface area contributed by atoms with Gasteiger partial charge in [-0.1, -0.05) is 18.8 Å². The van der Waals surface area contributed by atoms with E-state index in [1.54, 1.807) is 18.2 Å². The quantitative estimate of drug-likeness (QED) is 0.505. The molecule has 0 fully saturated rings. The summed E-state index contributed by atoms with van der Waals surface area (Å²) in [7, 11) is -2.12. The first-order valence-corrected chi connectivity index (χ1v) is 7.99. The number of hydrogen-bond donors (Lipinski definition) is 3. The van der Waals surface area contributed by atoms with Gasteiger partial charge < -0.3 is 9.84 Å². The molecule has 3 N–H and O–H groups in total. The van der Waals surface area contributed by atoms with Crippen LogP contribution in [0.25, 0.3) is 0 Å². The molecule has 0 aromatic heterocycles. The average Bonchev–Trinajstić information content (AvgIpc) is 2.46. The Bertz CT molecular complexity index is 618. The molecule has 0 aliphatic heterocycles. The van der Waals surface area contributed by atoms with Gasteiger partial charge in [-0.2, -0.15) is 13.1 Å². The summed E-state index contributed by atoms with van der Waals surface area (Å²) >= 11 is 0. The van der Waals surface area contributed by atoms with E-state index in [-0.39, 0.29) is 13.2 Å². The fourth-order valence-electron chi connectivity index (χ4n) is 1.66. The molecular weight excluding hydrogens is 292 g/mol. The molecule has 0 radical (unpaired) electrons. The fourth-order valence-corrected chi connectivity index (χ4v) is 2.58. The number of aliphatic hydroxyl groups is 1. The van der Waals surface area contributed by atoms with E-state index in [4.69, 9.17) is 9.84 Å². The average molecular weight is 312 g/mol. The number of nitrogens with one attached hydrogen (secondary N) is 2. The second kappa shape index (κ2) is 8.64. The third kappa shape index (κ3) is 6.14. The molecule has 1 rings (SSSR count). The Kier molecular flexibility index (Phi) is 7.19. The Balaban J connectivity index is 2.88. The van der Waals surface area contributed by atoms with Crippen LogP contribution in [0.3, 0.4) is 0 Å². The molecule has 0 aliphatic rings. The van der Waals surface area contributed by atoms with Gasteiger partial charge in [0.15, 0.2) is 0 Å². The van der Waals surface area contributed by atoms with Crippen molar-refractivity contribution in [3.8, 4) is 11.8 Å². The minimum absolute atomic E-state index is 0.202. The molecule has 0 spiro atoms. The second-order valence-electron chi connectivity index (χ2n) is 4.18. The van der Waals surface area contributed by atoms with Gasteiger partial charge >= 0.3 is 0 Å². The molecule has 1 aromatic rings. The van der Waals surface area contributed by atoms with Gasteiger partial charge in [-0.05, 0) is 30.2 Å². The molecule has 21 heavy (non-hydrogen) atoms. The highest BCUT2D eigenvalue weighted by atomic mass is 32.2. The second-order valence-corrected chi connectivity index (χ2v) is 5.68. The molecule has 7 heteroatoms. The van der Waals surface area contributed by atoms with E-state index in [0.29, 0.717) is 18.7 Å². The summed E-state index contributed by atoms with van der Waals surface area (Å²) in [5.41, 5.74) is 2.07. The summed E-state index contributed by atoms with van der Waals surface area (Å²) in [4.78, 5) is 0. The Morgan fingerprint density at radius 2 is 2.14 bits per heavy atom. The molecule has 1 aromatic carbocycles. The van der Waals surface area contributed by atoms with Gasteiger partial charge in [-0.3, -0.25) is 4.72 Å². The third-order valence-electron chi connectivity index (χ3n) is 2.64. The number of hydrogen-bond acceptors (Lipinski definition) is 4. The third-order valence-corrected chi connectivity index (χ3v) is 3.71. The van der Waals surface area contributed by atoms with Crippen LogP contribution in [-0.4, -0.2) is 40.4 Å². The first kappa shape index (κ1) is 17.5.